The Morgan fingerprint density at radius 3 is 2.21 bits per heavy atom. The summed E-state index contributed by atoms with van der Waals surface area (Å²) in [6.07, 6.45) is 7.86. The molecule has 5 nitrogen and oxygen atoms in total. The van der Waals surface area contributed by atoms with Crippen LogP contribution in [0.15, 0.2) is 49.1 Å². The van der Waals surface area contributed by atoms with Gasteiger partial charge in [-0.15, -0.1) is 0 Å². The van der Waals surface area contributed by atoms with Crippen LogP contribution in [0.1, 0.15) is 48.0 Å². The first kappa shape index (κ1) is 21.9. The highest BCUT2D eigenvalue weighted by Crippen LogP contribution is 2.36. The third-order valence-corrected chi connectivity index (χ3v) is 4.64. The minimum Gasteiger partial charge on any atom is -0.464 e. The molecule has 0 spiro atoms. The van der Waals surface area contributed by atoms with E-state index in [1.807, 2.05) is 24.3 Å². The first-order valence-corrected chi connectivity index (χ1v) is 9.82. The van der Waals surface area contributed by atoms with Crippen molar-refractivity contribution in [1.29, 1.82) is 0 Å². The summed E-state index contributed by atoms with van der Waals surface area (Å²) in [5, 5.41) is 0. The molecule has 0 amide bonds. The lowest BCUT2D eigenvalue weighted by molar-refractivity contribution is -0.153. The van der Waals surface area contributed by atoms with Crippen LogP contribution < -0.4 is 4.90 Å². The number of anilines is 2. The Balaban J connectivity index is 2.08. The van der Waals surface area contributed by atoms with Crippen LogP contribution >= 0.6 is 0 Å². The molecule has 0 aliphatic heterocycles. The Kier molecular flexibility index (Phi) is 7.17. The molecule has 0 fully saturated rings. The smallest absolute Gasteiger partial charge is 0.309 e. The Labute approximate surface area is 169 Å². The SMILES string of the molecule is CC(C)(C)CC(C(=O)OCCN(c1ccncc1)c1cccnc1)C(C)(C)C. The lowest BCUT2D eigenvalue weighted by Crippen LogP contribution is -2.35. The number of hydrogen-bond acceptors (Lipinski definition) is 5. The van der Waals surface area contributed by atoms with Gasteiger partial charge in [0, 0.05) is 24.3 Å². The minimum atomic E-state index is -0.140. The summed E-state index contributed by atoms with van der Waals surface area (Å²) in [6.45, 7) is 13.6. The molecule has 0 saturated heterocycles. The minimum absolute atomic E-state index is 0.0652. The summed E-state index contributed by atoms with van der Waals surface area (Å²) in [6, 6.07) is 7.76. The molecular formula is C23H33N3O2. The number of carbonyl (C=O) groups is 1. The molecule has 152 valence electrons. The average Bonchev–Trinajstić information content (AvgIpc) is 2.63. The second-order valence-electron chi connectivity index (χ2n) is 9.42. The molecule has 1 unspecified atom stereocenters. The molecule has 28 heavy (non-hydrogen) atoms. The van der Waals surface area contributed by atoms with E-state index in [0.717, 1.165) is 17.8 Å². The normalized spacial score (nSPS) is 13.1. The molecule has 0 saturated carbocycles. The zero-order valence-corrected chi connectivity index (χ0v) is 18.0. The molecule has 0 radical (unpaired) electrons. The summed E-state index contributed by atoms with van der Waals surface area (Å²) in [5.74, 6) is -0.261. The largest absolute Gasteiger partial charge is 0.464 e. The summed E-state index contributed by atoms with van der Waals surface area (Å²) < 4.78 is 5.73. The summed E-state index contributed by atoms with van der Waals surface area (Å²) in [5.41, 5.74) is 1.86. The van der Waals surface area contributed by atoms with Gasteiger partial charge < -0.3 is 9.64 Å². The Hall–Kier alpha value is -2.43. The zero-order valence-electron chi connectivity index (χ0n) is 18.0. The molecule has 1 atom stereocenters. The number of carbonyl (C=O) groups excluding carboxylic acids is 1. The van der Waals surface area contributed by atoms with Gasteiger partial charge in [-0.25, -0.2) is 0 Å². The van der Waals surface area contributed by atoms with E-state index in [1.54, 1.807) is 24.8 Å². The fraction of sp³-hybridized carbons (Fsp3) is 0.522. The van der Waals surface area contributed by atoms with Crippen LogP contribution in [0.3, 0.4) is 0 Å². The Morgan fingerprint density at radius 2 is 1.68 bits per heavy atom. The fourth-order valence-corrected chi connectivity index (χ4v) is 3.14. The predicted molar refractivity (Wildman–Crippen MR) is 113 cm³/mol. The molecule has 5 heteroatoms. The zero-order chi connectivity index (χ0) is 20.8. The third-order valence-electron chi connectivity index (χ3n) is 4.64. The van der Waals surface area contributed by atoms with Gasteiger partial charge in [0.15, 0.2) is 0 Å². The van der Waals surface area contributed by atoms with E-state index in [9.17, 15) is 4.79 Å². The van der Waals surface area contributed by atoms with Gasteiger partial charge in [0.25, 0.3) is 0 Å². The number of hydrogen-bond donors (Lipinski definition) is 0. The lowest BCUT2D eigenvalue weighted by atomic mass is 9.72. The highest BCUT2D eigenvalue weighted by atomic mass is 16.5. The van der Waals surface area contributed by atoms with Crippen molar-refractivity contribution >= 4 is 17.3 Å². The van der Waals surface area contributed by atoms with Crippen molar-refractivity contribution in [2.45, 2.75) is 48.0 Å². The van der Waals surface area contributed by atoms with Crippen LogP contribution in [-0.4, -0.2) is 29.1 Å². The van der Waals surface area contributed by atoms with E-state index >= 15 is 0 Å². The summed E-state index contributed by atoms with van der Waals surface area (Å²) in [7, 11) is 0. The van der Waals surface area contributed by atoms with Crippen molar-refractivity contribution in [1.82, 2.24) is 9.97 Å². The number of pyridine rings is 2. The molecule has 2 rings (SSSR count). The first-order valence-electron chi connectivity index (χ1n) is 9.82. The second kappa shape index (κ2) is 9.18. The van der Waals surface area contributed by atoms with Crippen LogP contribution in [0.5, 0.6) is 0 Å². The lowest BCUT2D eigenvalue weighted by Gasteiger charge is -2.34. The van der Waals surface area contributed by atoms with E-state index in [2.05, 4.69) is 56.4 Å². The number of aromatic nitrogens is 2. The topological polar surface area (TPSA) is 55.3 Å². The van der Waals surface area contributed by atoms with Crippen molar-refractivity contribution in [3.63, 3.8) is 0 Å². The van der Waals surface area contributed by atoms with Crippen molar-refractivity contribution in [2.75, 3.05) is 18.1 Å². The van der Waals surface area contributed by atoms with Crippen LogP contribution in [0.2, 0.25) is 0 Å². The van der Waals surface area contributed by atoms with Gasteiger partial charge in [-0.3, -0.25) is 14.8 Å². The van der Waals surface area contributed by atoms with Crippen LogP contribution in [-0.2, 0) is 9.53 Å². The molecule has 0 aliphatic rings. The van der Waals surface area contributed by atoms with E-state index in [1.165, 1.54) is 0 Å². The maximum absolute atomic E-state index is 12.9. The van der Waals surface area contributed by atoms with Gasteiger partial charge in [-0.05, 0) is 41.5 Å². The number of nitrogens with zero attached hydrogens (tertiary/aromatic N) is 3. The number of ether oxygens (including phenoxy) is 1. The monoisotopic (exact) mass is 383 g/mol. The summed E-state index contributed by atoms with van der Waals surface area (Å²) in [4.78, 5) is 23.2. The molecule has 0 aromatic carbocycles. The van der Waals surface area contributed by atoms with Gasteiger partial charge in [-0.1, -0.05) is 41.5 Å². The maximum Gasteiger partial charge on any atom is 0.309 e. The standard InChI is InChI=1S/C23H33N3O2/c1-22(2,3)16-20(23(4,5)6)21(27)28-15-14-26(18-9-12-24-13-10-18)19-8-7-11-25-17-19/h7-13,17,20H,14-16H2,1-6H3. The predicted octanol–water partition coefficient (Wildman–Crippen LogP) is 5.26. The number of esters is 1. The van der Waals surface area contributed by atoms with Crippen molar-refractivity contribution < 1.29 is 9.53 Å². The van der Waals surface area contributed by atoms with Crippen LogP contribution in [0.4, 0.5) is 11.4 Å². The quantitative estimate of drug-likeness (QED) is 0.611. The number of rotatable bonds is 7. The second-order valence-corrected chi connectivity index (χ2v) is 9.42. The van der Waals surface area contributed by atoms with Crippen LogP contribution in [0.25, 0.3) is 0 Å². The highest BCUT2D eigenvalue weighted by Gasteiger charge is 2.35. The first-order chi connectivity index (χ1) is 13.1. The fourth-order valence-electron chi connectivity index (χ4n) is 3.14. The van der Waals surface area contributed by atoms with Gasteiger partial charge in [0.2, 0.25) is 0 Å². The maximum atomic E-state index is 12.9. The van der Waals surface area contributed by atoms with E-state index in [4.69, 9.17) is 4.74 Å². The Bertz CT molecular complexity index is 694. The van der Waals surface area contributed by atoms with E-state index in [-0.39, 0.29) is 22.7 Å². The molecule has 2 heterocycles. The molecular weight excluding hydrogens is 350 g/mol. The van der Waals surface area contributed by atoms with Gasteiger partial charge >= 0.3 is 5.97 Å². The molecule has 2 aromatic heterocycles. The highest BCUT2D eigenvalue weighted by molar-refractivity contribution is 5.73. The molecule has 2 aromatic rings. The van der Waals surface area contributed by atoms with Gasteiger partial charge in [-0.2, -0.15) is 0 Å². The van der Waals surface area contributed by atoms with E-state index in [0.29, 0.717) is 13.2 Å². The van der Waals surface area contributed by atoms with Crippen molar-refractivity contribution in [3.05, 3.63) is 49.1 Å². The van der Waals surface area contributed by atoms with E-state index < -0.39 is 0 Å². The van der Waals surface area contributed by atoms with Crippen molar-refractivity contribution in [3.8, 4) is 0 Å². The average molecular weight is 384 g/mol. The molecule has 0 bridgehead atoms. The van der Waals surface area contributed by atoms with Crippen LogP contribution in [0, 0.1) is 16.7 Å². The molecule has 0 N–H and O–H groups in total. The third kappa shape index (κ3) is 6.63. The van der Waals surface area contributed by atoms with Gasteiger partial charge in [0.05, 0.1) is 24.3 Å². The molecule has 0 aliphatic carbocycles. The summed E-state index contributed by atoms with van der Waals surface area (Å²) >= 11 is 0. The van der Waals surface area contributed by atoms with Crippen molar-refractivity contribution in [2.24, 2.45) is 16.7 Å². The Morgan fingerprint density at radius 1 is 1.00 bits per heavy atom. The van der Waals surface area contributed by atoms with Gasteiger partial charge in [0.1, 0.15) is 6.61 Å².